The first-order valence-corrected chi connectivity index (χ1v) is 5.22. The van der Waals surface area contributed by atoms with Gasteiger partial charge in [0.25, 0.3) is 0 Å². The van der Waals surface area contributed by atoms with Crippen molar-refractivity contribution < 1.29 is 0 Å². The van der Waals surface area contributed by atoms with Gasteiger partial charge >= 0.3 is 0 Å². The third kappa shape index (κ3) is 4.81. The van der Waals surface area contributed by atoms with Crippen molar-refractivity contribution in [2.24, 2.45) is 15.9 Å². The van der Waals surface area contributed by atoms with E-state index < -0.39 is 0 Å². The van der Waals surface area contributed by atoms with Crippen LogP contribution in [0.5, 0.6) is 0 Å². The minimum absolute atomic E-state index is 0.396. The van der Waals surface area contributed by atoms with Crippen LogP contribution in [0.4, 0.5) is 0 Å². The zero-order valence-electron chi connectivity index (χ0n) is 9.54. The first-order chi connectivity index (χ1) is 6.15. The van der Waals surface area contributed by atoms with Crippen molar-refractivity contribution in [2.75, 3.05) is 0 Å². The van der Waals surface area contributed by atoms with Crippen LogP contribution in [0.15, 0.2) is 9.98 Å². The van der Waals surface area contributed by atoms with Crippen molar-refractivity contribution in [3.8, 4) is 0 Å². The maximum absolute atomic E-state index is 4.57. The van der Waals surface area contributed by atoms with Gasteiger partial charge in [-0.15, -0.1) is 0 Å². The molecular formula is C11H22N2. The molecule has 0 radical (unpaired) electrons. The maximum atomic E-state index is 4.57. The van der Waals surface area contributed by atoms with Crippen molar-refractivity contribution >= 4 is 12.1 Å². The van der Waals surface area contributed by atoms with Gasteiger partial charge in [0, 0.05) is 18.2 Å². The molecule has 0 aromatic heterocycles. The molecule has 0 aliphatic carbocycles. The summed E-state index contributed by atoms with van der Waals surface area (Å²) in [6, 6.07) is 0.396. The molecule has 0 saturated heterocycles. The first kappa shape index (κ1) is 12.3. The Hall–Kier alpha value is -0.660. The molecule has 0 N–H and O–H groups in total. The van der Waals surface area contributed by atoms with Crippen LogP contribution >= 0.6 is 0 Å². The average molecular weight is 182 g/mol. The van der Waals surface area contributed by atoms with E-state index in [0.717, 1.165) is 18.7 Å². The molecule has 0 heterocycles. The molecule has 0 amide bonds. The number of hydrogen-bond donors (Lipinski definition) is 0. The Morgan fingerprint density at radius 2 is 1.85 bits per heavy atom. The Balaban J connectivity index is 4.48. The largest absolute Gasteiger partial charge is 0.267 e. The molecule has 0 aromatic rings. The molecular weight excluding hydrogens is 160 g/mol. The molecule has 0 bridgehead atoms. The highest BCUT2D eigenvalue weighted by molar-refractivity contribution is 5.90. The third-order valence-electron chi connectivity index (χ3n) is 2.26. The van der Waals surface area contributed by atoms with E-state index in [1.165, 1.54) is 0 Å². The second kappa shape index (κ2) is 6.81. The van der Waals surface area contributed by atoms with Gasteiger partial charge in [0.05, 0.1) is 0 Å². The summed E-state index contributed by atoms with van der Waals surface area (Å²) < 4.78 is 0. The number of nitrogens with zero attached hydrogens (tertiary/aromatic N) is 2. The highest BCUT2D eigenvalue weighted by Gasteiger charge is 2.07. The monoisotopic (exact) mass is 182 g/mol. The topological polar surface area (TPSA) is 24.7 Å². The molecule has 0 aliphatic rings. The van der Waals surface area contributed by atoms with Crippen LogP contribution in [0.1, 0.15) is 47.5 Å². The number of rotatable bonds is 4. The fourth-order valence-electron chi connectivity index (χ4n) is 0.920. The van der Waals surface area contributed by atoms with E-state index >= 15 is 0 Å². The quantitative estimate of drug-likeness (QED) is 0.470. The van der Waals surface area contributed by atoms with E-state index in [0.29, 0.717) is 12.0 Å². The Morgan fingerprint density at radius 3 is 2.23 bits per heavy atom. The molecule has 0 aliphatic heterocycles. The number of amidine groups is 1. The zero-order chi connectivity index (χ0) is 10.3. The van der Waals surface area contributed by atoms with E-state index in [1.807, 2.05) is 13.1 Å². The lowest BCUT2D eigenvalue weighted by atomic mass is 10.1. The Labute approximate surface area is 82.2 Å². The highest BCUT2D eigenvalue weighted by Crippen LogP contribution is 2.08. The lowest BCUT2D eigenvalue weighted by molar-refractivity contribution is 0.678. The van der Waals surface area contributed by atoms with Gasteiger partial charge in [0.2, 0.25) is 0 Å². The van der Waals surface area contributed by atoms with Crippen LogP contribution in [0.3, 0.4) is 0 Å². The predicted molar refractivity (Wildman–Crippen MR) is 60.8 cm³/mol. The standard InChI is InChI=1S/C11H22N2/c1-6-9(4)11(12-8-3)13-10(5)7-2/h8-10H,6-7H2,1-5H3/b12-8+,13-11-. The molecule has 0 aromatic carbocycles. The van der Waals surface area contributed by atoms with E-state index in [-0.39, 0.29) is 0 Å². The summed E-state index contributed by atoms with van der Waals surface area (Å²) in [5, 5.41) is 0. The van der Waals surface area contributed by atoms with Crippen molar-refractivity contribution in [3.05, 3.63) is 0 Å². The fourth-order valence-corrected chi connectivity index (χ4v) is 0.920. The van der Waals surface area contributed by atoms with Crippen LogP contribution in [0, 0.1) is 5.92 Å². The lowest BCUT2D eigenvalue weighted by Gasteiger charge is -2.10. The van der Waals surface area contributed by atoms with Crippen molar-refractivity contribution in [2.45, 2.75) is 53.5 Å². The summed E-state index contributed by atoms with van der Waals surface area (Å²) in [6.45, 7) is 10.6. The van der Waals surface area contributed by atoms with E-state index in [4.69, 9.17) is 0 Å². The Bertz CT molecular complexity index is 183. The molecule has 2 unspecified atom stereocenters. The lowest BCUT2D eigenvalue weighted by Crippen LogP contribution is -2.11. The normalized spacial score (nSPS) is 17.8. The van der Waals surface area contributed by atoms with Gasteiger partial charge in [-0.1, -0.05) is 20.8 Å². The van der Waals surface area contributed by atoms with Gasteiger partial charge in [-0.2, -0.15) is 0 Å². The third-order valence-corrected chi connectivity index (χ3v) is 2.26. The molecule has 0 fully saturated rings. The van der Waals surface area contributed by atoms with Gasteiger partial charge in [0.1, 0.15) is 5.84 Å². The smallest absolute Gasteiger partial charge is 0.125 e. The van der Waals surface area contributed by atoms with E-state index in [2.05, 4.69) is 37.7 Å². The predicted octanol–water partition coefficient (Wildman–Crippen LogP) is 3.32. The van der Waals surface area contributed by atoms with Crippen molar-refractivity contribution in [1.82, 2.24) is 0 Å². The fraction of sp³-hybridized carbons (Fsp3) is 0.818. The number of hydrogen-bond acceptors (Lipinski definition) is 1. The van der Waals surface area contributed by atoms with Crippen LogP contribution in [-0.2, 0) is 0 Å². The summed E-state index contributed by atoms with van der Waals surface area (Å²) in [5.41, 5.74) is 0. The molecule has 0 saturated carbocycles. The maximum Gasteiger partial charge on any atom is 0.125 e. The van der Waals surface area contributed by atoms with Gasteiger partial charge in [-0.05, 0) is 26.7 Å². The summed E-state index contributed by atoms with van der Waals surface area (Å²) >= 11 is 0. The Morgan fingerprint density at radius 1 is 1.23 bits per heavy atom. The van der Waals surface area contributed by atoms with Crippen LogP contribution in [-0.4, -0.2) is 18.1 Å². The average Bonchev–Trinajstić information content (AvgIpc) is 2.15. The van der Waals surface area contributed by atoms with Gasteiger partial charge in [0.15, 0.2) is 0 Å². The van der Waals surface area contributed by atoms with Gasteiger partial charge in [-0.25, -0.2) is 4.99 Å². The zero-order valence-corrected chi connectivity index (χ0v) is 9.54. The molecule has 2 heteroatoms. The number of aliphatic imine (C=N–C) groups is 2. The molecule has 2 atom stereocenters. The van der Waals surface area contributed by atoms with Crippen molar-refractivity contribution in [1.29, 1.82) is 0 Å². The molecule has 76 valence electrons. The van der Waals surface area contributed by atoms with Crippen LogP contribution in [0.2, 0.25) is 0 Å². The second-order valence-corrected chi connectivity index (χ2v) is 3.44. The second-order valence-electron chi connectivity index (χ2n) is 3.44. The molecule has 2 nitrogen and oxygen atoms in total. The molecule has 0 spiro atoms. The summed E-state index contributed by atoms with van der Waals surface area (Å²) in [7, 11) is 0. The SMILES string of the molecule is C/C=N/C(=N\C(C)CC)C(C)CC. The highest BCUT2D eigenvalue weighted by atomic mass is 14.9. The van der Waals surface area contributed by atoms with Gasteiger partial charge < -0.3 is 0 Å². The van der Waals surface area contributed by atoms with E-state index in [1.54, 1.807) is 0 Å². The van der Waals surface area contributed by atoms with Crippen LogP contribution < -0.4 is 0 Å². The van der Waals surface area contributed by atoms with E-state index in [9.17, 15) is 0 Å². The summed E-state index contributed by atoms with van der Waals surface area (Å²) in [6.07, 6.45) is 4.01. The minimum Gasteiger partial charge on any atom is -0.267 e. The van der Waals surface area contributed by atoms with Crippen molar-refractivity contribution in [3.63, 3.8) is 0 Å². The first-order valence-electron chi connectivity index (χ1n) is 5.22. The van der Waals surface area contributed by atoms with Crippen LogP contribution in [0.25, 0.3) is 0 Å². The molecule has 0 rings (SSSR count). The summed E-state index contributed by atoms with van der Waals surface area (Å²) in [5.74, 6) is 1.48. The summed E-state index contributed by atoms with van der Waals surface area (Å²) in [4.78, 5) is 8.88. The Kier molecular flexibility index (Phi) is 6.47. The molecule has 13 heavy (non-hydrogen) atoms. The van der Waals surface area contributed by atoms with Gasteiger partial charge in [-0.3, -0.25) is 4.99 Å². The minimum atomic E-state index is 0.396.